The van der Waals surface area contributed by atoms with E-state index in [1.54, 1.807) is 31.2 Å². The first kappa shape index (κ1) is 22.3. The summed E-state index contributed by atoms with van der Waals surface area (Å²) in [6.07, 6.45) is -0.882. The molecule has 0 radical (unpaired) electrons. The molecule has 0 aromatic heterocycles. The van der Waals surface area contributed by atoms with E-state index in [1.165, 1.54) is 19.2 Å². The van der Waals surface area contributed by atoms with Gasteiger partial charge in [0.25, 0.3) is 11.8 Å². The second-order valence-corrected chi connectivity index (χ2v) is 8.93. The van der Waals surface area contributed by atoms with Crippen LogP contribution < -0.4 is 15.6 Å². The number of amides is 2. The van der Waals surface area contributed by atoms with Crippen LogP contribution >= 0.6 is 0 Å². The second-order valence-electron chi connectivity index (χ2n) is 6.88. The lowest BCUT2D eigenvalue weighted by Gasteiger charge is -2.18. The Morgan fingerprint density at radius 1 is 0.935 bits per heavy atom. The largest absolute Gasteiger partial charge is 0.481 e. The van der Waals surface area contributed by atoms with Crippen molar-refractivity contribution in [3.05, 3.63) is 72.8 Å². The van der Waals surface area contributed by atoms with E-state index in [9.17, 15) is 18.0 Å². The summed E-state index contributed by atoms with van der Waals surface area (Å²) in [5.74, 6) is -0.746. The molecule has 3 rings (SSSR count). The Balaban J connectivity index is 1.51. The van der Waals surface area contributed by atoms with Gasteiger partial charge in [-0.2, -0.15) is 4.31 Å². The van der Waals surface area contributed by atoms with E-state index in [0.717, 1.165) is 15.1 Å². The predicted octanol–water partition coefficient (Wildman–Crippen LogP) is 2.08. The third-order valence-corrected chi connectivity index (χ3v) is 6.36. The molecule has 0 heterocycles. The SMILES string of the molecule is CC(Oc1ccc2ccccc2c1)C(=O)NNC(=O)CN(C)S(=O)(=O)c1ccccc1. The number of hydrazine groups is 1. The van der Waals surface area contributed by atoms with Crippen LogP contribution in [0, 0.1) is 0 Å². The lowest BCUT2D eigenvalue weighted by Crippen LogP contribution is -2.50. The van der Waals surface area contributed by atoms with Crippen LogP contribution in [0.4, 0.5) is 0 Å². The van der Waals surface area contributed by atoms with Gasteiger partial charge in [0.15, 0.2) is 6.10 Å². The Hall–Kier alpha value is -3.43. The summed E-state index contributed by atoms with van der Waals surface area (Å²) in [6.45, 7) is 1.08. The van der Waals surface area contributed by atoms with Gasteiger partial charge < -0.3 is 4.74 Å². The van der Waals surface area contributed by atoms with Crippen molar-refractivity contribution in [2.45, 2.75) is 17.9 Å². The molecule has 0 saturated carbocycles. The predicted molar refractivity (Wildman–Crippen MR) is 117 cm³/mol. The Labute approximate surface area is 180 Å². The highest BCUT2D eigenvalue weighted by Gasteiger charge is 2.23. The van der Waals surface area contributed by atoms with E-state index in [1.807, 2.05) is 36.4 Å². The lowest BCUT2D eigenvalue weighted by molar-refractivity contribution is -0.132. The first-order valence-corrected chi connectivity index (χ1v) is 11.0. The number of benzene rings is 3. The molecule has 3 aromatic rings. The monoisotopic (exact) mass is 441 g/mol. The zero-order chi connectivity index (χ0) is 22.4. The van der Waals surface area contributed by atoms with Crippen molar-refractivity contribution in [1.82, 2.24) is 15.2 Å². The van der Waals surface area contributed by atoms with Crippen molar-refractivity contribution >= 4 is 32.6 Å². The first-order chi connectivity index (χ1) is 14.8. The van der Waals surface area contributed by atoms with Gasteiger partial charge in [0.2, 0.25) is 10.0 Å². The molecule has 2 N–H and O–H groups in total. The van der Waals surface area contributed by atoms with Gasteiger partial charge >= 0.3 is 0 Å². The molecule has 8 nitrogen and oxygen atoms in total. The maximum absolute atomic E-state index is 12.4. The first-order valence-electron chi connectivity index (χ1n) is 9.53. The van der Waals surface area contributed by atoms with Gasteiger partial charge in [-0.25, -0.2) is 8.42 Å². The molecule has 0 bridgehead atoms. The van der Waals surface area contributed by atoms with E-state index in [-0.39, 0.29) is 4.90 Å². The molecule has 0 fully saturated rings. The molecule has 9 heteroatoms. The van der Waals surface area contributed by atoms with Crippen LogP contribution in [0.1, 0.15) is 6.92 Å². The van der Waals surface area contributed by atoms with Gasteiger partial charge in [0.1, 0.15) is 5.75 Å². The summed E-state index contributed by atoms with van der Waals surface area (Å²) in [5.41, 5.74) is 4.46. The fourth-order valence-electron chi connectivity index (χ4n) is 2.83. The lowest BCUT2D eigenvalue weighted by atomic mass is 10.1. The minimum atomic E-state index is -3.81. The van der Waals surface area contributed by atoms with Crippen molar-refractivity contribution in [3.8, 4) is 5.75 Å². The third kappa shape index (κ3) is 5.59. The summed E-state index contributed by atoms with van der Waals surface area (Å²) < 4.78 is 31.4. The highest BCUT2D eigenvalue weighted by molar-refractivity contribution is 7.89. The van der Waals surface area contributed by atoms with Crippen molar-refractivity contribution in [2.24, 2.45) is 0 Å². The van der Waals surface area contributed by atoms with Crippen LogP contribution in [0.2, 0.25) is 0 Å². The maximum Gasteiger partial charge on any atom is 0.279 e. The standard InChI is InChI=1S/C22H23N3O5S/c1-16(30-19-13-12-17-8-6-7-9-18(17)14-19)22(27)24-23-21(26)15-25(2)31(28,29)20-10-4-3-5-11-20/h3-14,16H,15H2,1-2H3,(H,23,26)(H,24,27). The average Bonchev–Trinajstić information content (AvgIpc) is 2.77. The van der Waals surface area contributed by atoms with Crippen molar-refractivity contribution in [1.29, 1.82) is 0 Å². The minimum absolute atomic E-state index is 0.0757. The zero-order valence-corrected chi connectivity index (χ0v) is 17.9. The van der Waals surface area contributed by atoms with E-state index in [0.29, 0.717) is 5.75 Å². The summed E-state index contributed by atoms with van der Waals surface area (Å²) in [4.78, 5) is 24.4. The number of rotatable bonds is 7. The van der Waals surface area contributed by atoms with Crippen LogP contribution in [-0.4, -0.2) is 44.2 Å². The molecule has 0 aliphatic rings. The molecule has 3 aromatic carbocycles. The van der Waals surface area contributed by atoms with Gasteiger partial charge in [-0.05, 0) is 42.0 Å². The summed E-state index contributed by atoms with van der Waals surface area (Å²) >= 11 is 0. The van der Waals surface area contributed by atoms with Crippen LogP contribution in [0.3, 0.4) is 0 Å². The van der Waals surface area contributed by atoms with Crippen molar-refractivity contribution in [3.63, 3.8) is 0 Å². The highest BCUT2D eigenvalue weighted by atomic mass is 32.2. The number of carbonyl (C=O) groups excluding carboxylic acids is 2. The molecule has 162 valence electrons. The summed E-state index contributed by atoms with van der Waals surface area (Å²) in [6, 6.07) is 21.0. The molecule has 31 heavy (non-hydrogen) atoms. The molecule has 0 aliphatic heterocycles. The third-order valence-electron chi connectivity index (χ3n) is 4.55. The molecule has 2 amide bonds. The van der Waals surface area contributed by atoms with Crippen LogP contribution in [-0.2, 0) is 19.6 Å². The smallest absolute Gasteiger partial charge is 0.279 e. The Morgan fingerprint density at radius 2 is 1.58 bits per heavy atom. The quantitative estimate of drug-likeness (QED) is 0.546. The van der Waals surface area contributed by atoms with Crippen LogP contribution in [0.25, 0.3) is 10.8 Å². The van der Waals surface area contributed by atoms with E-state index < -0.39 is 34.5 Å². The normalized spacial score (nSPS) is 12.4. The highest BCUT2D eigenvalue weighted by Crippen LogP contribution is 2.21. The van der Waals surface area contributed by atoms with Gasteiger partial charge in [-0.15, -0.1) is 0 Å². The molecule has 1 atom stereocenters. The van der Waals surface area contributed by atoms with Crippen LogP contribution in [0.15, 0.2) is 77.7 Å². The Kier molecular flexibility index (Phi) is 6.88. The molecule has 0 aliphatic carbocycles. The van der Waals surface area contributed by atoms with E-state index in [4.69, 9.17) is 4.74 Å². The molecular weight excluding hydrogens is 418 g/mol. The number of sulfonamides is 1. The number of likely N-dealkylation sites (N-methyl/N-ethyl adjacent to an activating group) is 1. The van der Waals surface area contributed by atoms with Crippen molar-refractivity contribution in [2.75, 3.05) is 13.6 Å². The zero-order valence-electron chi connectivity index (χ0n) is 17.1. The van der Waals surface area contributed by atoms with Gasteiger partial charge in [-0.3, -0.25) is 20.4 Å². The Bertz CT molecular complexity index is 1180. The molecule has 1 unspecified atom stereocenters. The summed E-state index contributed by atoms with van der Waals surface area (Å²) in [5, 5.41) is 2.03. The van der Waals surface area contributed by atoms with Gasteiger partial charge in [0.05, 0.1) is 11.4 Å². The number of nitrogens with one attached hydrogen (secondary N) is 2. The van der Waals surface area contributed by atoms with Gasteiger partial charge in [0, 0.05) is 7.05 Å². The number of ether oxygens (including phenoxy) is 1. The topological polar surface area (TPSA) is 105 Å². The van der Waals surface area contributed by atoms with Crippen LogP contribution in [0.5, 0.6) is 5.75 Å². The average molecular weight is 442 g/mol. The number of nitrogens with zero attached hydrogens (tertiary/aromatic N) is 1. The molecular formula is C22H23N3O5S. The number of fused-ring (bicyclic) bond motifs is 1. The summed E-state index contributed by atoms with van der Waals surface area (Å²) in [7, 11) is -2.53. The molecule has 0 spiro atoms. The van der Waals surface area contributed by atoms with E-state index >= 15 is 0 Å². The number of carbonyl (C=O) groups is 2. The van der Waals surface area contributed by atoms with E-state index in [2.05, 4.69) is 10.9 Å². The second kappa shape index (κ2) is 9.59. The fraction of sp³-hybridized carbons (Fsp3) is 0.182. The van der Waals surface area contributed by atoms with Gasteiger partial charge in [-0.1, -0.05) is 48.5 Å². The molecule has 0 saturated heterocycles. The fourth-order valence-corrected chi connectivity index (χ4v) is 3.98. The number of hydrogen-bond donors (Lipinski definition) is 2. The maximum atomic E-state index is 12.4. The minimum Gasteiger partial charge on any atom is -0.481 e. The number of hydrogen-bond acceptors (Lipinski definition) is 5. The Morgan fingerprint density at radius 3 is 2.29 bits per heavy atom. The van der Waals surface area contributed by atoms with Crippen molar-refractivity contribution < 1.29 is 22.7 Å².